The summed E-state index contributed by atoms with van der Waals surface area (Å²) in [5.41, 5.74) is 0.960. The Kier molecular flexibility index (Phi) is 5.52. The van der Waals surface area contributed by atoms with Crippen LogP contribution in [0.4, 0.5) is 4.39 Å². The quantitative estimate of drug-likeness (QED) is 0.914. The lowest BCUT2D eigenvalue weighted by Crippen LogP contribution is -2.35. The van der Waals surface area contributed by atoms with E-state index in [-0.39, 0.29) is 16.6 Å². The van der Waals surface area contributed by atoms with E-state index in [1.165, 1.54) is 18.2 Å². The molecule has 0 heterocycles. The maximum atomic E-state index is 13.8. The molecule has 0 bridgehead atoms. The van der Waals surface area contributed by atoms with Crippen LogP contribution in [0.3, 0.4) is 0 Å². The Morgan fingerprint density at radius 3 is 2.45 bits per heavy atom. The second-order valence-electron chi connectivity index (χ2n) is 5.20. The summed E-state index contributed by atoms with van der Waals surface area (Å²) in [5, 5.41) is 2.87. The van der Waals surface area contributed by atoms with Gasteiger partial charge in [0.2, 0.25) is 0 Å². The molecule has 5 heteroatoms. The van der Waals surface area contributed by atoms with Crippen molar-refractivity contribution in [1.82, 2.24) is 10.2 Å². The molecule has 1 atom stereocenters. The van der Waals surface area contributed by atoms with Gasteiger partial charge in [-0.25, -0.2) is 4.39 Å². The van der Waals surface area contributed by atoms with Crippen LogP contribution in [0, 0.1) is 5.82 Å². The average molecular weight is 321 g/mol. The number of nitrogens with one attached hydrogen (secondary N) is 1. The Bertz CT molecular complexity index is 626. The van der Waals surface area contributed by atoms with E-state index in [0.29, 0.717) is 6.54 Å². The largest absolute Gasteiger partial charge is 0.350 e. The van der Waals surface area contributed by atoms with Gasteiger partial charge in [-0.2, -0.15) is 0 Å². The van der Waals surface area contributed by atoms with Gasteiger partial charge in [0.25, 0.3) is 5.91 Å². The molecule has 2 rings (SSSR count). The molecule has 0 spiro atoms. The highest BCUT2D eigenvalue weighted by atomic mass is 35.5. The molecular formula is C17H18ClFN2O. The fourth-order valence-electron chi connectivity index (χ4n) is 2.27. The number of amides is 1. The van der Waals surface area contributed by atoms with E-state index < -0.39 is 11.7 Å². The van der Waals surface area contributed by atoms with Crippen LogP contribution in [0.5, 0.6) is 0 Å². The van der Waals surface area contributed by atoms with Gasteiger partial charge in [0.05, 0.1) is 16.6 Å². The highest BCUT2D eigenvalue weighted by Crippen LogP contribution is 2.20. The summed E-state index contributed by atoms with van der Waals surface area (Å²) in [5.74, 6) is -1.13. The molecule has 0 aliphatic carbocycles. The van der Waals surface area contributed by atoms with Crippen LogP contribution >= 0.6 is 11.6 Å². The van der Waals surface area contributed by atoms with Gasteiger partial charge in [-0.3, -0.25) is 4.79 Å². The molecule has 116 valence electrons. The van der Waals surface area contributed by atoms with Gasteiger partial charge < -0.3 is 10.2 Å². The monoisotopic (exact) mass is 320 g/mol. The molecule has 2 aromatic carbocycles. The molecule has 0 unspecified atom stereocenters. The molecule has 2 aromatic rings. The van der Waals surface area contributed by atoms with Gasteiger partial charge in [-0.15, -0.1) is 0 Å². The Hall–Kier alpha value is -1.91. The van der Waals surface area contributed by atoms with Crippen molar-refractivity contribution < 1.29 is 9.18 Å². The summed E-state index contributed by atoms with van der Waals surface area (Å²) in [6, 6.07) is 14.0. The molecule has 3 nitrogen and oxygen atoms in total. The molecule has 0 radical (unpaired) electrons. The number of hydrogen-bond acceptors (Lipinski definition) is 2. The summed E-state index contributed by atoms with van der Waals surface area (Å²) in [6.45, 7) is 0.362. The lowest BCUT2D eigenvalue weighted by Gasteiger charge is -2.25. The fourth-order valence-corrected chi connectivity index (χ4v) is 2.52. The van der Waals surface area contributed by atoms with Crippen LogP contribution in [-0.2, 0) is 0 Å². The normalized spacial score (nSPS) is 12.2. The molecule has 1 amide bonds. The lowest BCUT2D eigenvalue weighted by atomic mass is 10.1. The Morgan fingerprint density at radius 2 is 1.86 bits per heavy atom. The van der Waals surface area contributed by atoms with Crippen molar-refractivity contribution in [2.45, 2.75) is 6.04 Å². The van der Waals surface area contributed by atoms with Crippen LogP contribution in [0.15, 0.2) is 48.5 Å². The van der Waals surface area contributed by atoms with Crippen LogP contribution in [-0.4, -0.2) is 31.4 Å². The molecule has 0 aromatic heterocycles. The Morgan fingerprint density at radius 1 is 1.18 bits per heavy atom. The number of carbonyl (C=O) groups excluding carboxylic acids is 1. The third-order valence-electron chi connectivity index (χ3n) is 3.45. The number of halogens is 2. The van der Waals surface area contributed by atoms with E-state index in [0.717, 1.165) is 5.56 Å². The van der Waals surface area contributed by atoms with E-state index in [2.05, 4.69) is 5.32 Å². The Balaban J connectivity index is 2.12. The number of rotatable bonds is 5. The van der Waals surface area contributed by atoms with Crippen molar-refractivity contribution in [2.24, 2.45) is 0 Å². The maximum absolute atomic E-state index is 13.8. The SMILES string of the molecule is CN(C)[C@@H](CNC(=O)c1c(F)cccc1Cl)c1ccccc1. The van der Waals surface area contributed by atoms with Crippen LogP contribution in [0.25, 0.3) is 0 Å². The number of carbonyl (C=O) groups is 1. The van der Waals surface area contributed by atoms with Crippen LogP contribution in [0.2, 0.25) is 5.02 Å². The minimum atomic E-state index is -0.619. The number of nitrogens with zero attached hydrogens (tertiary/aromatic N) is 1. The smallest absolute Gasteiger partial charge is 0.255 e. The molecule has 0 saturated heterocycles. The minimum Gasteiger partial charge on any atom is -0.350 e. The first kappa shape index (κ1) is 16.5. The fraction of sp³-hybridized carbons (Fsp3) is 0.235. The van der Waals surface area contributed by atoms with Crippen molar-refractivity contribution in [3.8, 4) is 0 Å². The molecule has 0 saturated carbocycles. The third kappa shape index (κ3) is 3.84. The number of benzene rings is 2. The van der Waals surface area contributed by atoms with Gasteiger partial charge >= 0.3 is 0 Å². The first-order valence-electron chi connectivity index (χ1n) is 6.94. The zero-order valence-electron chi connectivity index (χ0n) is 12.5. The third-order valence-corrected chi connectivity index (χ3v) is 3.77. The second-order valence-corrected chi connectivity index (χ2v) is 5.60. The van der Waals surface area contributed by atoms with Crippen molar-refractivity contribution in [3.05, 3.63) is 70.5 Å². The maximum Gasteiger partial charge on any atom is 0.255 e. The zero-order valence-corrected chi connectivity index (χ0v) is 13.3. The second kappa shape index (κ2) is 7.38. The first-order chi connectivity index (χ1) is 10.5. The van der Waals surface area contributed by atoms with Gasteiger partial charge in [0, 0.05) is 6.54 Å². The highest BCUT2D eigenvalue weighted by molar-refractivity contribution is 6.33. The predicted molar refractivity (Wildman–Crippen MR) is 86.6 cm³/mol. The van der Waals surface area contributed by atoms with Crippen LogP contribution in [0.1, 0.15) is 22.0 Å². The van der Waals surface area contributed by atoms with Gasteiger partial charge in [0.15, 0.2) is 0 Å². The Labute approximate surface area is 134 Å². The van der Waals surface area contributed by atoms with Gasteiger partial charge in [-0.05, 0) is 31.8 Å². The predicted octanol–water partition coefficient (Wildman–Crippen LogP) is 3.51. The van der Waals surface area contributed by atoms with Crippen molar-refractivity contribution in [3.63, 3.8) is 0 Å². The summed E-state index contributed by atoms with van der Waals surface area (Å²) in [6.07, 6.45) is 0. The zero-order chi connectivity index (χ0) is 16.1. The van der Waals surface area contributed by atoms with Crippen LogP contribution < -0.4 is 5.32 Å². The van der Waals surface area contributed by atoms with Gasteiger partial charge in [-0.1, -0.05) is 48.0 Å². The van der Waals surface area contributed by atoms with E-state index >= 15 is 0 Å². The van der Waals surface area contributed by atoms with Crippen molar-refractivity contribution in [2.75, 3.05) is 20.6 Å². The van der Waals surface area contributed by atoms with Gasteiger partial charge in [0.1, 0.15) is 5.82 Å². The van der Waals surface area contributed by atoms with E-state index in [1.807, 2.05) is 49.3 Å². The molecule has 0 fully saturated rings. The van der Waals surface area contributed by atoms with E-state index in [9.17, 15) is 9.18 Å². The molecule has 1 N–H and O–H groups in total. The van der Waals surface area contributed by atoms with E-state index in [1.54, 1.807) is 0 Å². The first-order valence-corrected chi connectivity index (χ1v) is 7.32. The summed E-state index contributed by atoms with van der Waals surface area (Å²) < 4.78 is 13.8. The highest BCUT2D eigenvalue weighted by Gasteiger charge is 2.19. The summed E-state index contributed by atoms with van der Waals surface area (Å²) >= 11 is 5.91. The molecule has 0 aliphatic rings. The molecular weight excluding hydrogens is 303 g/mol. The number of likely N-dealkylation sites (N-methyl/N-ethyl adjacent to an activating group) is 1. The molecule has 0 aliphatic heterocycles. The summed E-state index contributed by atoms with van der Waals surface area (Å²) in [4.78, 5) is 14.2. The van der Waals surface area contributed by atoms with Crippen molar-refractivity contribution in [1.29, 1.82) is 0 Å². The lowest BCUT2D eigenvalue weighted by molar-refractivity contribution is 0.0938. The minimum absolute atomic E-state index is 0.00398. The number of hydrogen-bond donors (Lipinski definition) is 1. The standard InChI is InChI=1S/C17H18ClFN2O/c1-21(2)15(12-7-4-3-5-8-12)11-20-17(22)16-13(18)9-6-10-14(16)19/h3-10,15H,11H2,1-2H3,(H,20,22)/t15-/m0/s1. The topological polar surface area (TPSA) is 32.3 Å². The average Bonchev–Trinajstić information content (AvgIpc) is 2.48. The van der Waals surface area contributed by atoms with Crippen molar-refractivity contribution >= 4 is 17.5 Å². The summed E-state index contributed by atoms with van der Waals surface area (Å²) in [7, 11) is 3.86. The molecule has 22 heavy (non-hydrogen) atoms. The van der Waals surface area contributed by atoms with E-state index in [4.69, 9.17) is 11.6 Å².